The van der Waals surface area contributed by atoms with Gasteiger partial charge in [0.1, 0.15) is 17.4 Å². The molecule has 9 nitrogen and oxygen atoms in total. The monoisotopic (exact) mass is 461 g/mol. The number of hydrogen-bond donors (Lipinski definition) is 1. The lowest BCUT2D eigenvalue weighted by Crippen LogP contribution is -2.21. The summed E-state index contributed by atoms with van der Waals surface area (Å²) in [5.74, 6) is -0.798. The number of ether oxygens (including phenoxy) is 2. The van der Waals surface area contributed by atoms with Crippen LogP contribution in [-0.4, -0.2) is 28.4 Å². The number of hydrogen-bond acceptors (Lipinski definition) is 8. The van der Waals surface area contributed by atoms with Crippen molar-refractivity contribution in [2.45, 2.75) is 13.5 Å². The van der Waals surface area contributed by atoms with E-state index in [0.29, 0.717) is 10.8 Å². The van der Waals surface area contributed by atoms with E-state index in [4.69, 9.17) is 21.1 Å². The summed E-state index contributed by atoms with van der Waals surface area (Å²) in [4.78, 5) is 38.5. The highest BCUT2D eigenvalue weighted by molar-refractivity contribution is 7.09. The first-order valence-corrected chi connectivity index (χ1v) is 10.1. The Morgan fingerprint density at radius 1 is 1.23 bits per heavy atom. The molecular formula is C20H16ClN3O6S. The van der Waals surface area contributed by atoms with Gasteiger partial charge in [-0.05, 0) is 25.1 Å². The van der Waals surface area contributed by atoms with Gasteiger partial charge in [0.15, 0.2) is 12.3 Å². The van der Waals surface area contributed by atoms with E-state index in [1.807, 2.05) is 31.2 Å². The van der Waals surface area contributed by atoms with Crippen molar-refractivity contribution in [2.75, 3.05) is 11.9 Å². The molecule has 2 aromatic carbocycles. The molecule has 0 bridgehead atoms. The van der Waals surface area contributed by atoms with Crippen LogP contribution in [-0.2, 0) is 16.1 Å². The normalized spacial score (nSPS) is 10.4. The van der Waals surface area contributed by atoms with Gasteiger partial charge >= 0.3 is 5.97 Å². The molecule has 1 heterocycles. The lowest BCUT2D eigenvalue weighted by Gasteiger charge is -2.07. The van der Waals surface area contributed by atoms with E-state index in [-0.39, 0.29) is 28.7 Å². The number of esters is 1. The van der Waals surface area contributed by atoms with Crippen LogP contribution in [0, 0.1) is 17.0 Å². The standard InChI is InChI=1S/C20H16ClN3O6S/c1-12-2-5-14(6-3-12)29-10-19-23-17(11-31-19)20(26)30-9-18(25)22-16-8-13(24(27)28)4-7-15(16)21/h2-8,11H,9-10H2,1H3,(H,22,25). The number of carbonyl (C=O) groups is 2. The second-order valence-electron chi connectivity index (χ2n) is 6.27. The first-order chi connectivity index (χ1) is 14.8. The zero-order chi connectivity index (χ0) is 22.4. The number of carbonyl (C=O) groups excluding carboxylic acids is 2. The average molecular weight is 462 g/mol. The molecule has 160 valence electrons. The Bertz CT molecular complexity index is 1120. The lowest BCUT2D eigenvalue weighted by atomic mass is 10.2. The fourth-order valence-corrected chi connectivity index (χ4v) is 3.20. The highest BCUT2D eigenvalue weighted by Crippen LogP contribution is 2.26. The van der Waals surface area contributed by atoms with Gasteiger partial charge in [-0.2, -0.15) is 0 Å². The van der Waals surface area contributed by atoms with Crippen LogP contribution in [0.5, 0.6) is 5.75 Å². The van der Waals surface area contributed by atoms with Crippen LogP contribution >= 0.6 is 22.9 Å². The predicted octanol–water partition coefficient (Wildman–Crippen LogP) is 4.39. The number of aryl methyl sites for hydroxylation is 1. The molecule has 0 aliphatic rings. The van der Waals surface area contributed by atoms with Gasteiger partial charge in [0.25, 0.3) is 11.6 Å². The van der Waals surface area contributed by atoms with E-state index in [1.165, 1.54) is 28.8 Å². The number of nitro groups is 1. The SMILES string of the molecule is Cc1ccc(OCc2nc(C(=O)OCC(=O)Nc3cc([N+](=O)[O-])ccc3Cl)cs2)cc1. The van der Waals surface area contributed by atoms with Crippen LogP contribution in [0.1, 0.15) is 21.1 Å². The minimum Gasteiger partial charge on any atom is -0.486 e. The Balaban J connectivity index is 1.50. The van der Waals surface area contributed by atoms with Crippen LogP contribution < -0.4 is 10.1 Å². The molecule has 1 aromatic heterocycles. The fourth-order valence-electron chi connectivity index (χ4n) is 2.36. The maximum absolute atomic E-state index is 12.1. The van der Waals surface area contributed by atoms with Gasteiger partial charge in [-0.3, -0.25) is 14.9 Å². The Morgan fingerprint density at radius 3 is 2.68 bits per heavy atom. The number of nitro benzene ring substituents is 1. The molecule has 0 atom stereocenters. The molecule has 11 heteroatoms. The van der Waals surface area contributed by atoms with Crippen molar-refractivity contribution < 1.29 is 24.0 Å². The summed E-state index contributed by atoms with van der Waals surface area (Å²) in [6.07, 6.45) is 0. The number of aromatic nitrogens is 1. The van der Waals surface area contributed by atoms with E-state index in [9.17, 15) is 19.7 Å². The number of thiazole rings is 1. The zero-order valence-electron chi connectivity index (χ0n) is 16.2. The third-order valence-electron chi connectivity index (χ3n) is 3.91. The quantitative estimate of drug-likeness (QED) is 0.300. The number of amides is 1. The van der Waals surface area contributed by atoms with Crippen LogP contribution in [0.4, 0.5) is 11.4 Å². The molecule has 0 saturated carbocycles. The van der Waals surface area contributed by atoms with Gasteiger partial charge < -0.3 is 14.8 Å². The Labute approximate surface area is 185 Å². The minimum absolute atomic E-state index is 0.0427. The summed E-state index contributed by atoms with van der Waals surface area (Å²) in [7, 11) is 0. The van der Waals surface area contributed by atoms with Gasteiger partial charge in [0, 0.05) is 17.5 Å². The van der Waals surface area contributed by atoms with Crippen molar-refractivity contribution in [1.82, 2.24) is 4.98 Å². The molecule has 0 fully saturated rings. The summed E-state index contributed by atoms with van der Waals surface area (Å²) >= 11 is 7.15. The van der Waals surface area contributed by atoms with Gasteiger partial charge in [0.05, 0.1) is 15.6 Å². The summed E-state index contributed by atoms with van der Waals surface area (Å²) in [5, 5.41) is 15.4. The summed E-state index contributed by atoms with van der Waals surface area (Å²) < 4.78 is 10.6. The predicted molar refractivity (Wildman–Crippen MR) is 115 cm³/mol. The van der Waals surface area contributed by atoms with Crippen molar-refractivity contribution in [3.63, 3.8) is 0 Å². The van der Waals surface area contributed by atoms with Crippen molar-refractivity contribution in [3.8, 4) is 5.75 Å². The number of rotatable bonds is 8. The van der Waals surface area contributed by atoms with E-state index in [0.717, 1.165) is 11.6 Å². The van der Waals surface area contributed by atoms with Crippen LogP contribution in [0.3, 0.4) is 0 Å². The lowest BCUT2D eigenvalue weighted by molar-refractivity contribution is -0.384. The van der Waals surface area contributed by atoms with Crippen LogP contribution in [0.25, 0.3) is 0 Å². The smallest absolute Gasteiger partial charge is 0.358 e. The molecule has 0 radical (unpaired) electrons. The minimum atomic E-state index is -0.780. The molecular weight excluding hydrogens is 446 g/mol. The number of halogens is 1. The highest BCUT2D eigenvalue weighted by atomic mass is 35.5. The molecule has 0 aliphatic carbocycles. The Hall–Kier alpha value is -3.50. The molecule has 0 spiro atoms. The summed E-state index contributed by atoms with van der Waals surface area (Å²) in [6.45, 7) is 1.55. The molecule has 0 saturated heterocycles. The largest absolute Gasteiger partial charge is 0.486 e. The molecule has 0 aliphatic heterocycles. The third kappa shape index (κ3) is 6.24. The fraction of sp³-hybridized carbons (Fsp3) is 0.150. The molecule has 0 unspecified atom stereocenters. The first kappa shape index (κ1) is 22.2. The van der Waals surface area contributed by atoms with Gasteiger partial charge in [-0.1, -0.05) is 29.3 Å². The van der Waals surface area contributed by atoms with Crippen molar-refractivity contribution in [3.05, 3.63) is 79.2 Å². The van der Waals surface area contributed by atoms with E-state index >= 15 is 0 Å². The molecule has 1 N–H and O–H groups in total. The summed E-state index contributed by atoms with van der Waals surface area (Å²) in [6, 6.07) is 11.1. The van der Waals surface area contributed by atoms with Crippen molar-refractivity contribution in [2.24, 2.45) is 0 Å². The van der Waals surface area contributed by atoms with Crippen molar-refractivity contribution in [1.29, 1.82) is 0 Å². The number of benzene rings is 2. The second kappa shape index (κ2) is 10.0. The first-order valence-electron chi connectivity index (χ1n) is 8.86. The summed E-state index contributed by atoms with van der Waals surface area (Å²) in [5.41, 5.74) is 0.970. The van der Waals surface area contributed by atoms with E-state index < -0.39 is 23.4 Å². The third-order valence-corrected chi connectivity index (χ3v) is 5.07. The molecule has 3 aromatic rings. The van der Waals surface area contributed by atoms with E-state index in [1.54, 1.807) is 0 Å². The molecule has 3 rings (SSSR count). The number of nitrogens with one attached hydrogen (secondary N) is 1. The Morgan fingerprint density at radius 2 is 1.97 bits per heavy atom. The number of nitrogens with zero attached hydrogens (tertiary/aromatic N) is 2. The molecule has 31 heavy (non-hydrogen) atoms. The maximum Gasteiger partial charge on any atom is 0.358 e. The second-order valence-corrected chi connectivity index (χ2v) is 7.62. The topological polar surface area (TPSA) is 121 Å². The van der Waals surface area contributed by atoms with E-state index in [2.05, 4.69) is 10.3 Å². The van der Waals surface area contributed by atoms with Crippen LogP contribution in [0.15, 0.2) is 47.8 Å². The maximum atomic E-state index is 12.1. The zero-order valence-corrected chi connectivity index (χ0v) is 17.7. The van der Waals surface area contributed by atoms with Gasteiger partial charge in [0.2, 0.25) is 0 Å². The number of anilines is 1. The molecule has 1 amide bonds. The van der Waals surface area contributed by atoms with Gasteiger partial charge in [-0.25, -0.2) is 9.78 Å². The highest BCUT2D eigenvalue weighted by Gasteiger charge is 2.16. The Kier molecular flexibility index (Phi) is 7.16. The van der Waals surface area contributed by atoms with Gasteiger partial charge in [-0.15, -0.1) is 11.3 Å². The van der Waals surface area contributed by atoms with Crippen LogP contribution in [0.2, 0.25) is 5.02 Å². The average Bonchev–Trinajstić information content (AvgIpc) is 3.22. The number of non-ortho nitro benzene ring substituents is 1. The van der Waals surface area contributed by atoms with Crippen molar-refractivity contribution >= 4 is 46.2 Å².